The van der Waals surface area contributed by atoms with E-state index in [4.69, 9.17) is 0 Å². The van der Waals surface area contributed by atoms with Crippen molar-refractivity contribution < 1.29 is 0 Å². The van der Waals surface area contributed by atoms with Crippen LogP contribution in [0, 0.1) is 0 Å². The molecular weight excluding hydrogens is 208 g/mol. The second-order valence-corrected chi connectivity index (χ2v) is 4.68. The van der Waals surface area contributed by atoms with Gasteiger partial charge < -0.3 is 0 Å². The summed E-state index contributed by atoms with van der Waals surface area (Å²) in [5.74, 6) is 3.00. The molecule has 0 fully saturated rings. The van der Waals surface area contributed by atoms with Crippen LogP contribution in [0.4, 0.5) is 0 Å². The lowest BCUT2D eigenvalue weighted by Gasteiger charge is -2.22. The van der Waals surface area contributed by atoms with Crippen molar-refractivity contribution in [3.63, 3.8) is 0 Å². The van der Waals surface area contributed by atoms with E-state index in [0.717, 1.165) is 30.4 Å². The number of thioether (sulfide) groups is 1. The van der Waals surface area contributed by atoms with Crippen molar-refractivity contribution in [2.75, 3.05) is 19.1 Å². The Bertz CT molecular complexity index is 287. The third-order valence-corrected chi connectivity index (χ3v) is 3.27. The first-order valence-corrected chi connectivity index (χ1v) is 6.66. The Labute approximate surface area is 95.9 Å². The number of hydrogen-bond donors (Lipinski definition) is 1. The Morgan fingerprint density at radius 3 is 2.80 bits per heavy atom. The lowest BCUT2D eigenvalue weighted by molar-refractivity contribution is 0.263. The van der Waals surface area contributed by atoms with Crippen molar-refractivity contribution in [3.05, 3.63) is 11.6 Å². The smallest absolute Gasteiger partial charge is 0.150 e. The van der Waals surface area contributed by atoms with Crippen molar-refractivity contribution in [1.29, 1.82) is 0 Å². The fourth-order valence-electron chi connectivity index (χ4n) is 1.32. The van der Waals surface area contributed by atoms with Gasteiger partial charge in [-0.25, -0.2) is 4.98 Å². The van der Waals surface area contributed by atoms with E-state index in [1.807, 2.05) is 11.8 Å². The summed E-state index contributed by atoms with van der Waals surface area (Å²) in [4.78, 5) is 6.68. The highest BCUT2D eigenvalue weighted by Gasteiger charge is 2.11. The Morgan fingerprint density at radius 1 is 1.53 bits per heavy atom. The van der Waals surface area contributed by atoms with Gasteiger partial charge in [0.15, 0.2) is 0 Å². The zero-order chi connectivity index (χ0) is 11.3. The summed E-state index contributed by atoms with van der Waals surface area (Å²) in [6.07, 6.45) is 3.02. The second kappa shape index (κ2) is 6.12. The van der Waals surface area contributed by atoms with Crippen LogP contribution in [0.5, 0.6) is 0 Å². The molecule has 0 aliphatic heterocycles. The summed E-state index contributed by atoms with van der Waals surface area (Å²) in [5.41, 5.74) is 0. The van der Waals surface area contributed by atoms with Crippen molar-refractivity contribution in [2.45, 2.75) is 32.9 Å². The molecule has 0 saturated heterocycles. The van der Waals surface area contributed by atoms with Crippen molar-refractivity contribution in [2.24, 2.45) is 0 Å². The molecule has 1 N–H and O–H groups in total. The summed E-state index contributed by atoms with van der Waals surface area (Å²) in [6.45, 7) is 5.13. The number of nitrogens with one attached hydrogen (secondary N) is 1. The fraction of sp³-hybridized carbons (Fsp3) is 0.800. The van der Waals surface area contributed by atoms with Crippen LogP contribution in [0.2, 0.25) is 0 Å². The predicted octanol–water partition coefficient (Wildman–Crippen LogP) is 1.55. The van der Waals surface area contributed by atoms with Gasteiger partial charge in [0.1, 0.15) is 11.6 Å². The van der Waals surface area contributed by atoms with Gasteiger partial charge in [-0.15, -0.1) is 0 Å². The topological polar surface area (TPSA) is 44.8 Å². The quantitative estimate of drug-likeness (QED) is 0.802. The van der Waals surface area contributed by atoms with Crippen molar-refractivity contribution in [1.82, 2.24) is 20.1 Å². The number of H-pyrrole nitrogens is 1. The molecule has 0 aromatic carbocycles. The van der Waals surface area contributed by atoms with Gasteiger partial charge >= 0.3 is 0 Å². The minimum atomic E-state index is 0.565. The monoisotopic (exact) mass is 228 g/mol. The van der Waals surface area contributed by atoms with Crippen LogP contribution in [0.1, 0.15) is 25.5 Å². The van der Waals surface area contributed by atoms with E-state index in [-0.39, 0.29) is 0 Å². The van der Waals surface area contributed by atoms with Crippen LogP contribution in [-0.4, -0.2) is 45.2 Å². The van der Waals surface area contributed by atoms with Crippen molar-refractivity contribution in [3.8, 4) is 0 Å². The molecule has 0 amide bonds. The number of aryl methyl sites for hydroxylation is 1. The van der Waals surface area contributed by atoms with E-state index in [2.05, 4.69) is 47.2 Å². The van der Waals surface area contributed by atoms with Gasteiger partial charge in [0.2, 0.25) is 0 Å². The van der Waals surface area contributed by atoms with E-state index in [9.17, 15) is 0 Å². The zero-order valence-corrected chi connectivity index (χ0v) is 10.8. The summed E-state index contributed by atoms with van der Waals surface area (Å²) in [5, 5.41) is 7.10. The molecule has 0 saturated carbocycles. The van der Waals surface area contributed by atoms with Gasteiger partial charge in [-0.3, -0.25) is 10.00 Å². The first-order valence-electron chi connectivity index (χ1n) is 5.26. The molecule has 0 aliphatic rings. The first kappa shape index (κ1) is 12.5. The number of nitrogens with zero attached hydrogens (tertiary/aromatic N) is 3. The third kappa shape index (κ3) is 3.83. The number of rotatable bonds is 6. The highest BCUT2D eigenvalue weighted by atomic mass is 32.2. The molecule has 1 aromatic rings. The average Bonchev–Trinajstić information content (AvgIpc) is 2.66. The van der Waals surface area contributed by atoms with E-state index in [1.54, 1.807) is 0 Å². The Kier molecular flexibility index (Phi) is 5.11. The maximum atomic E-state index is 4.40. The van der Waals surface area contributed by atoms with Gasteiger partial charge in [0.05, 0.1) is 6.54 Å². The van der Waals surface area contributed by atoms with Crippen LogP contribution in [0.15, 0.2) is 0 Å². The third-order valence-electron chi connectivity index (χ3n) is 2.45. The Hall–Kier alpha value is -0.550. The maximum absolute atomic E-state index is 4.40. The van der Waals surface area contributed by atoms with E-state index in [1.165, 1.54) is 0 Å². The Balaban J connectivity index is 2.46. The van der Waals surface area contributed by atoms with E-state index in [0.29, 0.717) is 6.04 Å². The van der Waals surface area contributed by atoms with Gasteiger partial charge in [-0.2, -0.15) is 16.9 Å². The largest absolute Gasteiger partial charge is 0.295 e. The van der Waals surface area contributed by atoms with Crippen LogP contribution in [0.25, 0.3) is 0 Å². The molecule has 1 rings (SSSR count). The van der Waals surface area contributed by atoms with Crippen LogP contribution < -0.4 is 0 Å². The molecule has 4 nitrogen and oxygen atoms in total. The second-order valence-electron chi connectivity index (χ2n) is 3.77. The molecule has 1 aromatic heterocycles. The van der Waals surface area contributed by atoms with Gasteiger partial charge in [-0.1, -0.05) is 6.92 Å². The standard InChI is InChI=1S/C10H20N4S/c1-5-9-11-10(13-12-9)6-14(3)8(2)7-15-4/h8H,5-7H2,1-4H3,(H,11,12,13). The normalized spacial score (nSPS) is 13.4. The Morgan fingerprint density at radius 2 is 2.27 bits per heavy atom. The van der Waals surface area contributed by atoms with Gasteiger partial charge in [0, 0.05) is 18.2 Å². The van der Waals surface area contributed by atoms with Gasteiger partial charge in [-0.05, 0) is 20.2 Å². The molecule has 0 aliphatic carbocycles. The molecule has 0 bridgehead atoms. The van der Waals surface area contributed by atoms with Crippen molar-refractivity contribution >= 4 is 11.8 Å². The highest BCUT2D eigenvalue weighted by Crippen LogP contribution is 2.06. The van der Waals surface area contributed by atoms with Crippen LogP contribution >= 0.6 is 11.8 Å². The maximum Gasteiger partial charge on any atom is 0.150 e. The number of aromatic nitrogens is 3. The number of hydrogen-bond acceptors (Lipinski definition) is 4. The van der Waals surface area contributed by atoms with E-state index < -0.39 is 0 Å². The highest BCUT2D eigenvalue weighted by molar-refractivity contribution is 7.98. The van der Waals surface area contributed by atoms with E-state index >= 15 is 0 Å². The molecule has 1 atom stereocenters. The minimum Gasteiger partial charge on any atom is -0.295 e. The molecule has 5 heteroatoms. The molecule has 15 heavy (non-hydrogen) atoms. The SMILES string of the molecule is CCc1n[nH]c(CN(C)C(C)CSC)n1. The summed E-state index contributed by atoms with van der Waals surface area (Å²) >= 11 is 1.87. The average molecular weight is 228 g/mol. The lowest BCUT2D eigenvalue weighted by atomic mass is 10.3. The van der Waals surface area contributed by atoms with Crippen LogP contribution in [0.3, 0.4) is 0 Å². The van der Waals surface area contributed by atoms with Crippen LogP contribution in [-0.2, 0) is 13.0 Å². The molecule has 0 radical (unpaired) electrons. The summed E-state index contributed by atoms with van der Waals surface area (Å²) in [6, 6.07) is 0.565. The molecule has 0 spiro atoms. The predicted molar refractivity (Wildman–Crippen MR) is 65.1 cm³/mol. The number of aromatic amines is 1. The lowest BCUT2D eigenvalue weighted by Crippen LogP contribution is -2.30. The minimum absolute atomic E-state index is 0.565. The zero-order valence-electron chi connectivity index (χ0n) is 9.95. The first-order chi connectivity index (χ1) is 7.17. The summed E-state index contributed by atoms with van der Waals surface area (Å²) in [7, 11) is 2.12. The fourth-order valence-corrected chi connectivity index (χ4v) is 2.06. The molecule has 1 heterocycles. The summed E-state index contributed by atoms with van der Waals surface area (Å²) < 4.78 is 0. The molecule has 1 unspecified atom stereocenters. The molecule has 86 valence electrons. The van der Waals surface area contributed by atoms with Gasteiger partial charge in [0.25, 0.3) is 0 Å². The molecular formula is C10H20N4S.